The molecule has 0 aliphatic rings. The number of aryl methyl sites for hydroxylation is 2. The largest absolute Gasteiger partial charge is 0.302 e. The number of benzene rings is 2. The van der Waals surface area contributed by atoms with Crippen molar-refractivity contribution in [1.82, 2.24) is 15.4 Å². The lowest BCUT2D eigenvalue weighted by molar-refractivity contribution is 0.0984. The van der Waals surface area contributed by atoms with Gasteiger partial charge in [0.25, 0.3) is 5.91 Å². The molecule has 5 nitrogen and oxygen atoms in total. The summed E-state index contributed by atoms with van der Waals surface area (Å²) in [5, 5.41) is 10.6. The second-order valence-electron chi connectivity index (χ2n) is 5.85. The third kappa shape index (κ3) is 3.60. The lowest BCUT2D eigenvalue weighted by atomic mass is 10.0. The van der Waals surface area contributed by atoms with Crippen LogP contribution in [0.3, 0.4) is 0 Å². The van der Waals surface area contributed by atoms with E-state index in [0.717, 1.165) is 35.3 Å². The van der Waals surface area contributed by atoms with Crippen LogP contribution in [0.5, 0.6) is 0 Å². The summed E-state index contributed by atoms with van der Waals surface area (Å²) < 4.78 is 0. The number of para-hydroxylation sites is 1. The fourth-order valence-electron chi connectivity index (χ4n) is 3.01. The van der Waals surface area contributed by atoms with E-state index < -0.39 is 0 Å². The van der Waals surface area contributed by atoms with Crippen LogP contribution in [0.2, 0.25) is 0 Å². The van der Waals surface area contributed by atoms with Gasteiger partial charge in [0.05, 0.1) is 18.4 Å². The Morgan fingerprint density at radius 2 is 1.68 bits per heavy atom. The molecule has 128 valence electrons. The van der Waals surface area contributed by atoms with Crippen molar-refractivity contribution in [2.45, 2.75) is 33.2 Å². The fraction of sp³-hybridized carbons (Fsp3) is 0.250. The van der Waals surface area contributed by atoms with Crippen molar-refractivity contribution >= 4 is 11.6 Å². The molecule has 3 aromatic rings. The summed E-state index contributed by atoms with van der Waals surface area (Å²) in [4.78, 5) is 15.1. The van der Waals surface area contributed by atoms with Gasteiger partial charge in [-0.05, 0) is 36.1 Å². The highest BCUT2D eigenvalue weighted by atomic mass is 16.2. The van der Waals surface area contributed by atoms with Crippen molar-refractivity contribution < 1.29 is 4.79 Å². The van der Waals surface area contributed by atoms with Crippen molar-refractivity contribution in [2.75, 3.05) is 4.90 Å². The smallest absolute Gasteiger partial charge is 0.258 e. The zero-order valence-electron chi connectivity index (χ0n) is 14.6. The molecule has 25 heavy (non-hydrogen) atoms. The van der Waals surface area contributed by atoms with E-state index in [-0.39, 0.29) is 5.91 Å². The third-order valence-electron chi connectivity index (χ3n) is 4.29. The van der Waals surface area contributed by atoms with Crippen molar-refractivity contribution in [2.24, 2.45) is 0 Å². The summed E-state index contributed by atoms with van der Waals surface area (Å²) in [6.45, 7) is 4.60. The summed E-state index contributed by atoms with van der Waals surface area (Å²) >= 11 is 0. The molecule has 0 saturated heterocycles. The van der Waals surface area contributed by atoms with E-state index in [4.69, 9.17) is 0 Å². The maximum absolute atomic E-state index is 13.3. The molecule has 0 spiro atoms. The van der Waals surface area contributed by atoms with Crippen LogP contribution in [0.15, 0.2) is 54.7 Å². The van der Waals surface area contributed by atoms with Gasteiger partial charge in [0.1, 0.15) is 5.69 Å². The van der Waals surface area contributed by atoms with E-state index in [1.165, 1.54) is 0 Å². The topological polar surface area (TPSA) is 61.9 Å². The number of hydrogen-bond acceptors (Lipinski definition) is 3. The first-order chi connectivity index (χ1) is 12.2. The number of aromatic amines is 1. The van der Waals surface area contributed by atoms with Crippen LogP contribution < -0.4 is 4.90 Å². The van der Waals surface area contributed by atoms with Crippen molar-refractivity contribution in [1.29, 1.82) is 0 Å². The Bertz CT molecular complexity index is 806. The van der Waals surface area contributed by atoms with Gasteiger partial charge in [-0.15, -0.1) is 0 Å². The molecule has 2 aromatic carbocycles. The van der Waals surface area contributed by atoms with Gasteiger partial charge in [0, 0.05) is 5.56 Å². The molecule has 0 unspecified atom stereocenters. The molecule has 1 heterocycles. The first kappa shape index (κ1) is 16.9. The van der Waals surface area contributed by atoms with E-state index in [2.05, 4.69) is 47.5 Å². The Kier molecular flexibility index (Phi) is 5.23. The van der Waals surface area contributed by atoms with Crippen LogP contribution in [0.1, 0.15) is 41.0 Å². The summed E-state index contributed by atoms with van der Waals surface area (Å²) in [6.07, 6.45) is 3.38. The maximum atomic E-state index is 13.3. The van der Waals surface area contributed by atoms with Gasteiger partial charge < -0.3 is 4.90 Å². The van der Waals surface area contributed by atoms with E-state index in [1.54, 1.807) is 6.20 Å². The van der Waals surface area contributed by atoms with Crippen molar-refractivity contribution in [3.05, 3.63) is 77.1 Å². The normalized spacial score (nSPS) is 10.6. The van der Waals surface area contributed by atoms with Crippen LogP contribution in [-0.4, -0.2) is 21.3 Å². The lowest BCUT2D eigenvalue weighted by Gasteiger charge is -2.27. The number of aromatic nitrogens is 3. The zero-order chi connectivity index (χ0) is 17.6. The Morgan fingerprint density at radius 1 is 1.00 bits per heavy atom. The van der Waals surface area contributed by atoms with Gasteiger partial charge in [0.2, 0.25) is 0 Å². The van der Waals surface area contributed by atoms with Gasteiger partial charge >= 0.3 is 0 Å². The van der Waals surface area contributed by atoms with Gasteiger partial charge in [-0.3, -0.25) is 4.79 Å². The third-order valence-corrected chi connectivity index (χ3v) is 4.29. The first-order valence-electron chi connectivity index (χ1n) is 8.56. The second kappa shape index (κ2) is 7.75. The zero-order valence-corrected chi connectivity index (χ0v) is 14.6. The highest BCUT2D eigenvalue weighted by Gasteiger charge is 2.23. The monoisotopic (exact) mass is 334 g/mol. The minimum Gasteiger partial charge on any atom is -0.302 e. The average molecular weight is 334 g/mol. The molecular formula is C20H22N4O. The minimum absolute atomic E-state index is 0.0285. The molecule has 1 aromatic heterocycles. The molecule has 0 radical (unpaired) electrons. The van der Waals surface area contributed by atoms with E-state index >= 15 is 0 Å². The maximum Gasteiger partial charge on any atom is 0.258 e. The standard InChI is InChI=1S/C20H22N4O/c1-3-15-11-8-12-16(4-2)19(15)24(14-18-13-21-23-22-18)20(25)17-9-6-5-7-10-17/h5-13H,3-4,14H2,1-2H3,(H,21,22,23). The molecule has 0 atom stereocenters. The molecule has 0 bridgehead atoms. The van der Waals surface area contributed by atoms with Crippen molar-refractivity contribution in [3.8, 4) is 0 Å². The quantitative estimate of drug-likeness (QED) is 0.746. The van der Waals surface area contributed by atoms with Crippen LogP contribution >= 0.6 is 0 Å². The van der Waals surface area contributed by atoms with Crippen LogP contribution in [0.25, 0.3) is 0 Å². The Hall–Kier alpha value is -2.95. The number of nitrogens with zero attached hydrogens (tertiary/aromatic N) is 3. The van der Waals surface area contributed by atoms with E-state index in [0.29, 0.717) is 12.1 Å². The Balaban J connectivity index is 2.10. The fourth-order valence-corrected chi connectivity index (χ4v) is 3.01. The summed E-state index contributed by atoms with van der Waals surface area (Å²) in [7, 11) is 0. The van der Waals surface area contributed by atoms with E-state index in [9.17, 15) is 4.79 Å². The highest BCUT2D eigenvalue weighted by Crippen LogP contribution is 2.29. The summed E-state index contributed by atoms with van der Waals surface area (Å²) in [6, 6.07) is 15.6. The number of carbonyl (C=O) groups excluding carboxylic acids is 1. The number of nitrogens with one attached hydrogen (secondary N) is 1. The second-order valence-corrected chi connectivity index (χ2v) is 5.85. The predicted molar refractivity (Wildman–Crippen MR) is 98.5 cm³/mol. The average Bonchev–Trinajstić information content (AvgIpc) is 3.19. The van der Waals surface area contributed by atoms with Gasteiger partial charge in [-0.1, -0.05) is 50.2 Å². The Morgan fingerprint density at radius 3 is 2.24 bits per heavy atom. The SMILES string of the molecule is CCc1cccc(CC)c1N(Cc1cn[nH]n1)C(=O)c1ccccc1. The van der Waals surface area contributed by atoms with Gasteiger partial charge in [-0.25, -0.2) is 0 Å². The summed E-state index contributed by atoms with van der Waals surface area (Å²) in [5.41, 5.74) is 4.71. The number of H-pyrrole nitrogens is 1. The lowest BCUT2D eigenvalue weighted by Crippen LogP contribution is -2.32. The molecule has 0 aliphatic heterocycles. The number of hydrogen-bond donors (Lipinski definition) is 1. The van der Waals surface area contributed by atoms with Gasteiger partial charge in [-0.2, -0.15) is 15.4 Å². The number of rotatable bonds is 6. The van der Waals surface area contributed by atoms with Crippen LogP contribution in [0, 0.1) is 0 Å². The van der Waals surface area contributed by atoms with Gasteiger partial charge in [0.15, 0.2) is 0 Å². The predicted octanol–water partition coefficient (Wildman–Crippen LogP) is 3.78. The number of amides is 1. The number of carbonyl (C=O) groups is 1. The van der Waals surface area contributed by atoms with Crippen LogP contribution in [-0.2, 0) is 19.4 Å². The highest BCUT2D eigenvalue weighted by molar-refractivity contribution is 6.06. The van der Waals surface area contributed by atoms with Crippen molar-refractivity contribution in [3.63, 3.8) is 0 Å². The molecule has 0 saturated carbocycles. The molecule has 1 amide bonds. The molecule has 0 fully saturated rings. The first-order valence-corrected chi connectivity index (χ1v) is 8.56. The molecule has 1 N–H and O–H groups in total. The molecule has 3 rings (SSSR count). The molecular weight excluding hydrogens is 312 g/mol. The molecule has 5 heteroatoms. The van der Waals surface area contributed by atoms with Crippen LogP contribution in [0.4, 0.5) is 5.69 Å². The summed E-state index contributed by atoms with van der Waals surface area (Å²) in [5.74, 6) is -0.0285. The number of anilines is 1. The molecule has 0 aliphatic carbocycles. The Labute approximate surface area is 147 Å². The van der Waals surface area contributed by atoms with E-state index in [1.807, 2.05) is 35.2 Å². The minimum atomic E-state index is -0.0285.